The van der Waals surface area contributed by atoms with E-state index in [9.17, 15) is 4.39 Å². The van der Waals surface area contributed by atoms with Crippen LogP contribution in [0.25, 0.3) is 5.47 Å². The van der Waals surface area contributed by atoms with Crippen LogP contribution in [0.15, 0.2) is 18.7 Å². The minimum atomic E-state index is -0.732. The molecule has 1 aliphatic heterocycles. The predicted octanol–water partition coefficient (Wildman–Crippen LogP) is 4.78. The standard InChI is InChI=1S/C14H16BCl2FO2/c1-8(10-6-9(16)7-11(17)12(10)18)15-19-13(2,3)14(4,5)20-15/h6-7H,1H2,2-5H3. The van der Waals surface area contributed by atoms with Crippen molar-refractivity contribution in [2.45, 2.75) is 38.9 Å². The second kappa shape index (κ2) is 5.02. The molecule has 108 valence electrons. The van der Waals surface area contributed by atoms with Crippen molar-refractivity contribution in [3.63, 3.8) is 0 Å². The lowest BCUT2D eigenvalue weighted by molar-refractivity contribution is 0.00578. The van der Waals surface area contributed by atoms with E-state index in [0.29, 0.717) is 10.5 Å². The van der Waals surface area contributed by atoms with E-state index >= 15 is 0 Å². The van der Waals surface area contributed by atoms with Gasteiger partial charge in [-0.05, 0) is 45.3 Å². The Hall–Kier alpha value is -0.545. The van der Waals surface area contributed by atoms with E-state index in [1.807, 2.05) is 27.7 Å². The molecule has 0 aliphatic carbocycles. The smallest absolute Gasteiger partial charge is 0.399 e. The van der Waals surface area contributed by atoms with Gasteiger partial charge in [0.05, 0.1) is 16.2 Å². The monoisotopic (exact) mass is 316 g/mol. The van der Waals surface area contributed by atoms with Gasteiger partial charge in [-0.1, -0.05) is 29.8 Å². The van der Waals surface area contributed by atoms with Gasteiger partial charge in [-0.15, -0.1) is 0 Å². The molecule has 1 fully saturated rings. The second-order valence-corrected chi connectivity index (χ2v) is 6.71. The minimum absolute atomic E-state index is 0.0508. The maximum Gasteiger partial charge on any atom is 0.494 e. The molecule has 0 spiro atoms. The zero-order valence-corrected chi connectivity index (χ0v) is 13.4. The van der Waals surface area contributed by atoms with Crippen LogP contribution < -0.4 is 0 Å². The SMILES string of the molecule is C=C(B1OC(C)(C)C(C)(C)O1)c1cc(Cl)cc(Cl)c1F. The molecular weight excluding hydrogens is 301 g/mol. The lowest BCUT2D eigenvalue weighted by Gasteiger charge is -2.32. The van der Waals surface area contributed by atoms with Gasteiger partial charge >= 0.3 is 7.12 Å². The van der Waals surface area contributed by atoms with E-state index in [0.717, 1.165) is 0 Å². The summed E-state index contributed by atoms with van der Waals surface area (Å²) in [5.41, 5.74) is -0.453. The maximum atomic E-state index is 14.1. The van der Waals surface area contributed by atoms with Crippen molar-refractivity contribution in [3.8, 4) is 0 Å². The van der Waals surface area contributed by atoms with Gasteiger partial charge < -0.3 is 9.31 Å². The average Bonchev–Trinajstić information content (AvgIpc) is 2.52. The van der Waals surface area contributed by atoms with Crippen LogP contribution >= 0.6 is 23.2 Å². The lowest BCUT2D eigenvalue weighted by atomic mass is 9.75. The molecule has 20 heavy (non-hydrogen) atoms. The van der Waals surface area contributed by atoms with Crippen LogP contribution in [-0.2, 0) is 9.31 Å². The summed E-state index contributed by atoms with van der Waals surface area (Å²) in [6.45, 7) is 11.5. The van der Waals surface area contributed by atoms with E-state index in [-0.39, 0.29) is 10.6 Å². The highest BCUT2D eigenvalue weighted by Crippen LogP contribution is 2.41. The molecule has 1 aromatic carbocycles. The van der Waals surface area contributed by atoms with Gasteiger partial charge in [0.1, 0.15) is 5.82 Å². The third-order valence-electron chi connectivity index (χ3n) is 3.88. The molecule has 0 radical (unpaired) electrons. The van der Waals surface area contributed by atoms with E-state index in [4.69, 9.17) is 32.5 Å². The number of hydrogen-bond donors (Lipinski definition) is 0. The molecule has 0 aromatic heterocycles. The molecule has 0 saturated carbocycles. The highest BCUT2D eigenvalue weighted by Gasteiger charge is 2.52. The van der Waals surface area contributed by atoms with Gasteiger partial charge in [0.25, 0.3) is 0 Å². The van der Waals surface area contributed by atoms with Crippen LogP contribution in [0.5, 0.6) is 0 Å². The van der Waals surface area contributed by atoms with Crippen molar-refractivity contribution >= 4 is 35.8 Å². The van der Waals surface area contributed by atoms with Crippen molar-refractivity contribution in [1.82, 2.24) is 0 Å². The van der Waals surface area contributed by atoms with Gasteiger partial charge in [-0.2, -0.15) is 0 Å². The molecule has 2 nitrogen and oxygen atoms in total. The van der Waals surface area contributed by atoms with Crippen LogP contribution in [0, 0.1) is 5.82 Å². The van der Waals surface area contributed by atoms with Crippen molar-refractivity contribution in [2.24, 2.45) is 0 Å². The Morgan fingerprint density at radius 3 is 2.15 bits per heavy atom. The Balaban J connectivity index is 2.35. The number of hydrogen-bond acceptors (Lipinski definition) is 2. The Bertz CT molecular complexity index is 557. The highest BCUT2D eigenvalue weighted by atomic mass is 35.5. The van der Waals surface area contributed by atoms with Gasteiger partial charge in [-0.3, -0.25) is 0 Å². The summed E-state index contributed by atoms with van der Waals surface area (Å²) in [5, 5.41) is 0.286. The molecule has 2 rings (SSSR count). The fraction of sp³-hybridized carbons (Fsp3) is 0.429. The first kappa shape index (κ1) is 15.8. The van der Waals surface area contributed by atoms with Crippen molar-refractivity contribution in [2.75, 3.05) is 0 Å². The molecule has 0 unspecified atom stereocenters. The van der Waals surface area contributed by atoms with E-state index in [1.54, 1.807) is 0 Å². The topological polar surface area (TPSA) is 18.5 Å². The summed E-state index contributed by atoms with van der Waals surface area (Å²) < 4.78 is 25.8. The molecule has 1 heterocycles. The van der Waals surface area contributed by atoms with Crippen LogP contribution in [0.3, 0.4) is 0 Å². The second-order valence-electron chi connectivity index (χ2n) is 5.86. The third kappa shape index (κ3) is 2.62. The molecule has 0 atom stereocenters. The summed E-state index contributed by atoms with van der Waals surface area (Å²) in [5.74, 6) is -0.573. The van der Waals surface area contributed by atoms with Gasteiger partial charge in [0.15, 0.2) is 0 Å². The highest BCUT2D eigenvalue weighted by molar-refractivity contribution is 6.68. The Morgan fingerprint density at radius 1 is 1.15 bits per heavy atom. The summed E-state index contributed by atoms with van der Waals surface area (Å²) in [4.78, 5) is 0. The number of benzene rings is 1. The molecular formula is C14H16BCl2FO2. The summed E-state index contributed by atoms with van der Waals surface area (Å²) >= 11 is 11.7. The molecule has 0 amide bonds. The fourth-order valence-electron chi connectivity index (χ4n) is 1.90. The van der Waals surface area contributed by atoms with Crippen LogP contribution in [0.4, 0.5) is 4.39 Å². The third-order valence-corrected chi connectivity index (χ3v) is 4.37. The summed E-state index contributed by atoms with van der Waals surface area (Å²) in [6.07, 6.45) is 0. The first-order valence-corrected chi connectivity index (χ1v) is 7.00. The van der Waals surface area contributed by atoms with Crippen molar-refractivity contribution in [1.29, 1.82) is 0 Å². The zero-order chi connectivity index (χ0) is 15.3. The molecule has 1 aromatic rings. The Kier molecular flexibility index (Phi) is 3.98. The summed E-state index contributed by atoms with van der Waals surface area (Å²) in [7, 11) is -0.732. The molecule has 6 heteroatoms. The van der Waals surface area contributed by atoms with Gasteiger partial charge in [0.2, 0.25) is 0 Å². The lowest BCUT2D eigenvalue weighted by Crippen LogP contribution is -2.41. The first-order valence-electron chi connectivity index (χ1n) is 6.24. The minimum Gasteiger partial charge on any atom is -0.399 e. The number of halogens is 3. The van der Waals surface area contributed by atoms with Gasteiger partial charge in [0, 0.05) is 10.6 Å². The molecule has 0 bridgehead atoms. The maximum absolute atomic E-state index is 14.1. The first-order chi connectivity index (χ1) is 9.05. The van der Waals surface area contributed by atoms with Crippen molar-refractivity contribution < 1.29 is 13.7 Å². The quantitative estimate of drug-likeness (QED) is 0.577. The molecule has 1 aliphatic rings. The summed E-state index contributed by atoms with van der Waals surface area (Å²) in [6, 6.07) is 2.82. The Morgan fingerprint density at radius 2 is 1.65 bits per heavy atom. The Labute approximate surface area is 129 Å². The zero-order valence-electron chi connectivity index (χ0n) is 11.9. The van der Waals surface area contributed by atoms with Crippen LogP contribution in [-0.4, -0.2) is 18.3 Å². The van der Waals surface area contributed by atoms with Crippen molar-refractivity contribution in [3.05, 3.63) is 40.1 Å². The number of rotatable bonds is 2. The van der Waals surface area contributed by atoms with Gasteiger partial charge in [-0.25, -0.2) is 4.39 Å². The fourth-order valence-corrected chi connectivity index (χ4v) is 2.40. The van der Waals surface area contributed by atoms with E-state index in [2.05, 4.69) is 6.58 Å². The average molecular weight is 317 g/mol. The van der Waals surface area contributed by atoms with Crippen LogP contribution in [0.1, 0.15) is 33.3 Å². The van der Waals surface area contributed by atoms with Crippen LogP contribution in [0.2, 0.25) is 10.0 Å². The molecule has 0 N–H and O–H groups in total. The van der Waals surface area contributed by atoms with E-state index in [1.165, 1.54) is 12.1 Å². The van der Waals surface area contributed by atoms with E-state index < -0.39 is 24.1 Å². The normalized spacial score (nSPS) is 20.2. The predicted molar refractivity (Wildman–Crippen MR) is 81.5 cm³/mol. The molecule has 1 saturated heterocycles. The largest absolute Gasteiger partial charge is 0.494 e.